The van der Waals surface area contributed by atoms with Gasteiger partial charge in [-0.1, -0.05) is 68.4 Å². The molecule has 0 unspecified atom stereocenters. The topological polar surface area (TPSA) is 25.8 Å². The summed E-state index contributed by atoms with van der Waals surface area (Å²) in [5, 5.41) is 3.60. The molecule has 1 heterocycles. The van der Waals surface area contributed by atoms with Crippen LogP contribution in [-0.2, 0) is 0 Å². The Balaban J connectivity index is 1.96. The molecule has 0 radical (unpaired) electrons. The summed E-state index contributed by atoms with van der Waals surface area (Å²) in [7, 11) is 0. The number of hydrogen-bond donors (Lipinski definition) is 0. The summed E-state index contributed by atoms with van der Waals surface area (Å²) in [6, 6.07) is 23.0. The Morgan fingerprint density at radius 3 is 2.30 bits per heavy atom. The van der Waals surface area contributed by atoms with Gasteiger partial charge >= 0.3 is 0 Å². The Morgan fingerprint density at radius 2 is 1.48 bits per heavy atom. The molecule has 3 aromatic carbocycles. The average molecular weight is 298 g/mol. The summed E-state index contributed by atoms with van der Waals surface area (Å²) in [5.41, 5.74) is 3.18. The predicted octanol–water partition coefficient (Wildman–Crippen LogP) is 5.57. The maximum Gasteiger partial charge on any atom is 0.160 e. The highest BCUT2D eigenvalue weighted by Crippen LogP contribution is 2.27. The minimum absolute atomic E-state index is 0.363. The van der Waals surface area contributed by atoms with E-state index in [9.17, 15) is 0 Å². The van der Waals surface area contributed by atoms with Crippen LogP contribution in [0.25, 0.3) is 33.1 Å². The summed E-state index contributed by atoms with van der Waals surface area (Å²) in [4.78, 5) is 9.65. The zero-order valence-electron chi connectivity index (χ0n) is 13.3. The van der Waals surface area contributed by atoms with Crippen molar-refractivity contribution in [3.63, 3.8) is 0 Å². The minimum atomic E-state index is 0.363. The van der Waals surface area contributed by atoms with Gasteiger partial charge in [0, 0.05) is 10.9 Å². The second-order valence-corrected chi connectivity index (χ2v) is 6.17. The maximum absolute atomic E-state index is 4.87. The summed E-state index contributed by atoms with van der Waals surface area (Å²) < 4.78 is 0. The predicted molar refractivity (Wildman–Crippen MR) is 96.6 cm³/mol. The molecule has 0 aliphatic carbocycles. The third kappa shape index (κ3) is 2.46. The van der Waals surface area contributed by atoms with E-state index in [0.717, 1.165) is 28.0 Å². The van der Waals surface area contributed by atoms with Gasteiger partial charge in [0.1, 0.15) is 0 Å². The molecule has 0 bridgehead atoms. The summed E-state index contributed by atoms with van der Waals surface area (Å²) in [6.45, 7) is 4.36. The molecule has 0 fully saturated rings. The second kappa shape index (κ2) is 5.47. The van der Waals surface area contributed by atoms with Crippen molar-refractivity contribution in [3.8, 4) is 11.4 Å². The molecule has 0 aliphatic rings. The first-order chi connectivity index (χ1) is 11.2. The second-order valence-electron chi connectivity index (χ2n) is 6.17. The van der Waals surface area contributed by atoms with Crippen LogP contribution in [0.4, 0.5) is 0 Å². The standard InChI is InChI=1S/C21H18N2/c1-14(2)20-18-9-5-6-10-19(18)22-21(23-20)17-12-11-15-7-3-4-8-16(15)13-17/h3-14H,1-2H3. The van der Waals surface area contributed by atoms with E-state index in [1.807, 2.05) is 12.1 Å². The van der Waals surface area contributed by atoms with E-state index in [1.54, 1.807) is 0 Å². The molecule has 4 rings (SSSR count). The summed E-state index contributed by atoms with van der Waals surface area (Å²) in [6.07, 6.45) is 0. The molecule has 23 heavy (non-hydrogen) atoms. The normalized spacial score (nSPS) is 11.4. The average Bonchev–Trinajstić information content (AvgIpc) is 2.60. The van der Waals surface area contributed by atoms with Crippen LogP contribution in [-0.4, -0.2) is 9.97 Å². The van der Waals surface area contributed by atoms with Crippen molar-refractivity contribution in [2.75, 3.05) is 0 Å². The molecule has 0 atom stereocenters. The molecule has 4 aromatic rings. The van der Waals surface area contributed by atoms with Crippen molar-refractivity contribution >= 4 is 21.7 Å². The molecule has 2 nitrogen and oxygen atoms in total. The Kier molecular flexibility index (Phi) is 3.30. The third-order valence-corrected chi connectivity index (χ3v) is 4.19. The number of para-hydroxylation sites is 1. The lowest BCUT2D eigenvalue weighted by molar-refractivity contribution is 0.831. The minimum Gasteiger partial charge on any atom is -0.232 e. The first-order valence-corrected chi connectivity index (χ1v) is 7.98. The fraction of sp³-hybridized carbons (Fsp3) is 0.143. The summed E-state index contributed by atoms with van der Waals surface area (Å²) >= 11 is 0. The van der Waals surface area contributed by atoms with Crippen LogP contribution in [0, 0.1) is 0 Å². The van der Waals surface area contributed by atoms with Gasteiger partial charge in [-0.05, 0) is 28.8 Å². The van der Waals surface area contributed by atoms with Crippen molar-refractivity contribution in [2.45, 2.75) is 19.8 Å². The first-order valence-electron chi connectivity index (χ1n) is 7.98. The van der Waals surface area contributed by atoms with E-state index in [2.05, 4.69) is 68.4 Å². The number of nitrogens with zero attached hydrogens (tertiary/aromatic N) is 2. The van der Waals surface area contributed by atoms with Crippen molar-refractivity contribution in [1.29, 1.82) is 0 Å². The molecule has 2 heteroatoms. The number of rotatable bonds is 2. The Bertz CT molecular complexity index is 1000. The highest BCUT2D eigenvalue weighted by Gasteiger charge is 2.12. The monoisotopic (exact) mass is 298 g/mol. The van der Waals surface area contributed by atoms with E-state index in [1.165, 1.54) is 10.8 Å². The smallest absolute Gasteiger partial charge is 0.160 e. The van der Waals surface area contributed by atoms with E-state index >= 15 is 0 Å². The third-order valence-electron chi connectivity index (χ3n) is 4.19. The van der Waals surface area contributed by atoms with Gasteiger partial charge in [-0.25, -0.2) is 9.97 Å². The fourth-order valence-electron chi connectivity index (χ4n) is 3.00. The number of aromatic nitrogens is 2. The van der Waals surface area contributed by atoms with Crippen LogP contribution in [0.5, 0.6) is 0 Å². The molecule has 112 valence electrons. The maximum atomic E-state index is 4.87. The van der Waals surface area contributed by atoms with Crippen LogP contribution in [0.2, 0.25) is 0 Å². The molecule has 0 spiro atoms. The highest BCUT2D eigenvalue weighted by atomic mass is 14.9. The van der Waals surface area contributed by atoms with Gasteiger partial charge in [0.2, 0.25) is 0 Å². The lowest BCUT2D eigenvalue weighted by atomic mass is 10.0. The Hall–Kier alpha value is -2.74. The van der Waals surface area contributed by atoms with Crippen molar-refractivity contribution in [3.05, 3.63) is 72.4 Å². The molecule has 1 aromatic heterocycles. The molecule has 0 amide bonds. The molecule has 0 aliphatic heterocycles. The van der Waals surface area contributed by atoms with Gasteiger partial charge in [-0.15, -0.1) is 0 Å². The molecular weight excluding hydrogens is 280 g/mol. The van der Waals surface area contributed by atoms with Crippen LogP contribution in [0.1, 0.15) is 25.5 Å². The van der Waals surface area contributed by atoms with Gasteiger partial charge in [0.25, 0.3) is 0 Å². The number of hydrogen-bond acceptors (Lipinski definition) is 2. The lowest BCUT2D eigenvalue weighted by Gasteiger charge is -2.11. The van der Waals surface area contributed by atoms with E-state index < -0.39 is 0 Å². The van der Waals surface area contributed by atoms with Crippen LogP contribution >= 0.6 is 0 Å². The van der Waals surface area contributed by atoms with E-state index in [-0.39, 0.29) is 0 Å². The molecule has 0 saturated heterocycles. The van der Waals surface area contributed by atoms with Crippen molar-refractivity contribution in [1.82, 2.24) is 9.97 Å². The number of fused-ring (bicyclic) bond motifs is 2. The lowest BCUT2D eigenvalue weighted by Crippen LogP contribution is -1.99. The fourth-order valence-corrected chi connectivity index (χ4v) is 3.00. The number of benzene rings is 3. The van der Waals surface area contributed by atoms with Gasteiger partial charge in [-0.2, -0.15) is 0 Å². The molecular formula is C21H18N2. The van der Waals surface area contributed by atoms with Gasteiger partial charge in [0.05, 0.1) is 11.2 Å². The first kappa shape index (κ1) is 13.9. The van der Waals surface area contributed by atoms with Crippen molar-refractivity contribution < 1.29 is 0 Å². The Labute approximate surface area is 135 Å². The summed E-state index contributed by atoms with van der Waals surface area (Å²) in [5.74, 6) is 1.17. The largest absolute Gasteiger partial charge is 0.232 e. The zero-order valence-corrected chi connectivity index (χ0v) is 13.3. The molecule has 0 saturated carbocycles. The van der Waals surface area contributed by atoms with Gasteiger partial charge < -0.3 is 0 Å². The highest BCUT2D eigenvalue weighted by molar-refractivity contribution is 5.88. The van der Waals surface area contributed by atoms with Crippen LogP contribution < -0.4 is 0 Å². The van der Waals surface area contributed by atoms with Gasteiger partial charge in [-0.3, -0.25) is 0 Å². The quantitative estimate of drug-likeness (QED) is 0.483. The van der Waals surface area contributed by atoms with Gasteiger partial charge in [0.15, 0.2) is 5.82 Å². The van der Waals surface area contributed by atoms with E-state index in [0.29, 0.717) is 5.92 Å². The van der Waals surface area contributed by atoms with Crippen LogP contribution in [0.15, 0.2) is 66.7 Å². The van der Waals surface area contributed by atoms with E-state index in [4.69, 9.17) is 9.97 Å². The van der Waals surface area contributed by atoms with Crippen LogP contribution in [0.3, 0.4) is 0 Å². The zero-order chi connectivity index (χ0) is 15.8. The Morgan fingerprint density at radius 1 is 0.739 bits per heavy atom. The SMILES string of the molecule is CC(C)c1nc(-c2ccc3ccccc3c2)nc2ccccc12. The van der Waals surface area contributed by atoms with Crippen molar-refractivity contribution in [2.24, 2.45) is 0 Å². The molecule has 0 N–H and O–H groups in total.